The first-order valence-corrected chi connectivity index (χ1v) is 11.7. The van der Waals surface area contributed by atoms with E-state index in [2.05, 4.69) is 64.8 Å². The molecule has 0 spiro atoms. The number of hydrogen-bond donors (Lipinski definition) is 1. The molecule has 0 bridgehead atoms. The minimum Gasteiger partial charge on any atom is -0.378 e. The number of amides is 1. The lowest BCUT2D eigenvalue weighted by molar-refractivity contribution is -0.119. The highest BCUT2D eigenvalue weighted by molar-refractivity contribution is 7.99. The lowest BCUT2D eigenvalue weighted by atomic mass is 10.0. The number of aromatic nitrogens is 3. The van der Waals surface area contributed by atoms with Crippen molar-refractivity contribution >= 4 is 23.6 Å². The van der Waals surface area contributed by atoms with Crippen molar-refractivity contribution < 1.29 is 9.53 Å². The summed E-state index contributed by atoms with van der Waals surface area (Å²) in [5, 5.41) is 12.7. The number of hydrogen-bond acceptors (Lipinski definition) is 6. The number of morpholine rings is 1. The van der Waals surface area contributed by atoms with E-state index in [1.165, 1.54) is 11.8 Å². The monoisotopic (exact) mass is 431 g/mol. The van der Waals surface area contributed by atoms with Gasteiger partial charge in [0.2, 0.25) is 11.9 Å². The second-order valence-electron chi connectivity index (χ2n) is 8.23. The van der Waals surface area contributed by atoms with Crippen LogP contribution in [0.15, 0.2) is 29.4 Å². The highest BCUT2D eigenvalue weighted by Gasteiger charge is 2.23. The Morgan fingerprint density at radius 3 is 2.60 bits per heavy atom. The molecule has 1 amide bonds. The maximum absolute atomic E-state index is 12.5. The van der Waals surface area contributed by atoms with E-state index in [1.54, 1.807) is 0 Å². The number of anilines is 1. The molecule has 0 radical (unpaired) electrons. The summed E-state index contributed by atoms with van der Waals surface area (Å²) in [6, 6.07) is 8.37. The minimum atomic E-state index is 0.0310. The summed E-state index contributed by atoms with van der Waals surface area (Å²) < 4.78 is 7.56. The third-order valence-corrected chi connectivity index (χ3v) is 6.11. The molecule has 164 valence electrons. The van der Waals surface area contributed by atoms with Crippen LogP contribution in [0, 0.1) is 12.8 Å². The van der Waals surface area contributed by atoms with Gasteiger partial charge in [-0.3, -0.25) is 9.36 Å². The van der Waals surface area contributed by atoms with Gasteiger partial charge in [-0.1, -0.05) is 43.8 Å². The van der Waals surface area contributed by atoms with E-state index in [4.69, 9.17) is 4.74 Å². The molecule has 7 nitrogen and oxygen atoms in total. The van der Waals surface area contributed by atoms with Gasteiger partial charge in [-0.2, -0.15) is 0 Å². The fourth-order valence-corrected chi connectivity index (χ4v) is 4.20. The highest BCUT2D eigenvalue weighted by Crippen LogP contribution is 2.28. The Labute approximate surface area is 183 Å². The van der Waals surface area contributed by atoms with E-state index in [0.29, 0.717) is 24.9 Å². The standard InChI is InChI=1S/C22H33N5O2S/c1-16(2)9-10-18(4)23-20(28)15-30-22-25-24-21(26-11-13-29-14-12-26)27(22)19-8-6-5-7-17(19)3/h5-8,16,18H,9-15H2,1-4H3,(H,23,28). The number of nitrogens with one attached hydrogen (secondary N) is 1. The van der Waals surface area contributed by atoms with Crippen molar-refractivity contribution in [2.45, 2.75) is 51.7 Å². The molecule has 1 atom stereocenters. The summed E-state index contributed by atoms with van der Waals surface area (Å²) in [4.78, 5) is 14.7. The smallest absolute Gasteiger partial charge is 0.232 e. The first-order chi connectivity index (χ1) is 14.5. The molecule has 0 saturated carbocycles. The molecule has 30 heavy (non-hydrogen) atoms. The molecule has 1 unspecified atom stereocenters. The van der Waals surface area contributed by atoms with Crippen LogP contribution in [0.2, 0.25) is 0 Å². The van der Waals surface area contributed by atoms with Crippen LogP contribution in [-0.4, -0.2) is 58.8 Å². The van der Waals surface area contributed by atoms with Crippen LogP contribution in [0.25, 0.3) is 5.69 Å². The molecule has 1 saturated heterocycles. The van der Waals surface area contributed by atoms with Crippen molar-refractivity contribution in [2.75, 3.05) is 37.0 Å². The van der Waals surface area contributed by atoms with E-state index in [1.807, 2.05) is 12.1 Å². The van der Waals surface area contributed by atoms with E-state index >= 15 is 0 Å². The summed E-state index contributed by atoms with van der Waals surface area (Å²) in [6.07, 6.45) is 2.10. The van der Waals surface area contributed by atoms with Gasteiger partial charge in [0.25, 0.3) is 0 Å². The van der Waals surface area contributed by atoms with Crippen LogP contribution < -0.4 is 10.2 Å². The Balaban J connectivity index is 1.74. The van der Waals surface area contributed by atoms with E-state index < -0.39 is 0 Å². The van der Waals surface area contributed by atoms with Gasteiger partial charge in [0.05, 0.1) is 24.7 Å². The van der Waals surface area contributed by atoms with Gasteiger partial charge in [-0.05, 0) is 44.2 Å². The number of carbonyl (C=O) groups excluding carboxylic acids is 1. The summed E-state index contributed by atoms with van der Waals surface area (Å²) in [5.41, 5.74) is 2.18. The highest BCUT2D eigenvalue weighted by atomic mass is 32.2. The summed E-state index contributed by atoms with van der Waals surface area (Å²) >= 11 is 1.43. The van der Waals surface area contributed by atoms with Crippen molar-refractivity contribution in [3.8, 4) is 5.69 Å². The van der Waals surface area contributed by atoms with Gasteiger partial charge < -0.3 is 15.0 Å². The lowest BCUT2D eigenvalue weighted by Gasteiger charge is -2.28. The van der Waals surface area contributed by atoms with Crippen LogP contribution in [0.3, 0.4) is 0 Å². The van der Waals surface area contributed by atoms with Gasteiger partial charge in [-0.25, -0.2) is 0 Å². The molecule has 3 rings (SSSR count). The maximum Gasteiger partial charge on any atom is 0.232 e. The first kappa shape index (κ1) is 22.6. The van der Waals surface area contributed by atoms with Crippen LogP contribution in [0.1, 0.15) is 39.2 Å². The molecular weight excluding hydrogens is 398 g/mol. The molecule has 1 aromatic heterocycles. The average molecular weight is 432 g/mol. The van der Waals surface area contributed by atoms with Crippen molar-refractivity contribution in [3.05, 3.63) is 29.8 Å². The Morgan fingerprint density at radius 1 is 1.17 bits per heavy atom. The number of ether oxygens (including phenoxy) is 1. The van der Waals surface area contributed by atoms with Gasteiger partial charge in [0, 0.05) is 19.1 Å². The van der Waals surface area contributed by atoms with E-state index in [-0.39, 0.29) is 11.9 Å². The van der Waals surface area contributed by atoms with Crippen LogP contribution >= 0.6 is 11.8 Å². The molecular formula is C22H33N5O2S. The third-order valence-electron chi connectivity index (χ3n) is 5.18. The topological polar surface area (TPSA) is 72.3 Å². The zero-order valence-corrected chi connectivity index (χ0v) is 19.2. The first-order valence-electron chi connectivity index (χ1n) is 10.7. The molecule has 1 aliphatic rings. The second kappa shape index (κ2) is 10.8. The minimum absolute atomic E-state index is 0.0310. The second-order valence-corrected chi connectivity index (χ2v) is 9.17. The number of aryl methyl sites for hydroxylation is 1. The summed E-state index contributed by atoms with van der Waals surface area (Å²) in [6.45, 7) is 11.5. The Bertz CT molecular complexity index is 833. The molecule has 1 aliphatic heterocycles. The molecule has 1 aromatic carbocycles. The zero-order valence-electron chi connectivity index (χ0n) is 18.4. The van der Waals surface area contributed by atoms with Crippen molar-refractivity contribution in [2.24, 2.45) is 5.92 Å². The number of benzene rings is 1. The largest absolute Gasteiger partial charge is 0.378 e. The number of rotatable bonds is 9. The van der Waals surface area contributed by atoms with Crippen LogP contribution in [0.5, 0.6) is 0 Å². The lowest BCUT2D eigenvalue weighted by Crippen LogP contribution is -2.38. The number of carbonyl (C=O) groups is 1. The number of para-hydroxylation sites is 1. The summed E-state index contributed by atoms with van der Waals surface area (Å²) in [7, 11) is 0. The molecule has 2 heterocycles. The van der Waals surface area contributed by atoms with Crippen molar-refractivity contribution in [3.63, 3.8) is 0 Å². The molecule has 1 N–H and O–H groups in total. The SMILES string of the molecule is Cc1ccccc1-n1c(SCC(=O)NC(C)CCC(C)C)nnc1N1CCOCC1. The van der Waals surface area contributed by atoms with E-state index in [9.17, 15) is 4.79 Å². The van der Waals surface area contributed by atoms with Crippen LogP contribution in [0.4, 0.5) is 5.95 Å². The van der Waals surface area contributed by atoms with Crippen LogP contribution in [-0.2, 0) is 9.53 Å². The van der Waals surface area contributed by atoms with Gasteiger partial charge in [0.15, 0.2) is 5.16 Å². The van der Waals surface area contributed by atoms with Crippen molar-refractivity contribution in [1.29, 1.82) is 0 Å². The maximum atomic E-state index is 12.5. The van der Waals surface area contributed by atoms with E-state index in [0.717, 1.165) is 48.3 Å². The van der Waals surface area contributed by atoms with Gasteiger partial charge in [0.1, 0.15) is 0 Å². The summed E-state index contributed by atoms with van der Waals surface area (Å²) in [5.74, 6) is 1.80. The molecule has 0 aliphatic carbocycles. The molecule has 1 fully saturated rings. The number of nitrogens with zero attached hydrogens (tertiary/aromatic N) is 4. The predicted molar refractivity (Wildman–Crippen MR) is 122 cm³/mol. The average Bonchev–Trinajstić information content (AvgIpc) is 3.15. The fraction of sp³-hybridized carbons (Fsp3) is 0.591. The fourth-order valence-electron chi connectivity index (χ4n) is 3.45. The number of thioether (sulfide) groups is 1. The Hall–Kier alpha value is -2.06. The van der Waals surface area contributed by atoms with Gasteiger partial charge >= 0.3 is 0 Å². The normalized spacial score (nSPS) is 15.4. The third kappa shape index (κ3) is 5.98. The molecule has 8 heteroatoms. The van der Waals surface area contributed by atoms with Crippen molar-refractivity contribution in [1.82, 2.24) is 20.1 Å². The Kier molecular flexibility index (Phi) is 8.16. The zero-order chi connectivity index (χ0) is 21.5. The molecule has 2 aromatic rings. The van der Waals surface area contributed by atoms with Gasteiger partial charge in [-0.15, -0.1) is 10.2 Å². The Morgan fingerprint density at radius 2 is 1.90 bits per heavy atom. The quantitative estimate of drug-likeness (QED) is 0.613. The predicted octanol–water partition coefficient (Wildman–Crippen LogP) is 3.45.